The summed E-state index contributed by atoms with van der Waals surface area (Å²) in [4.78, 5) is 0. The van der Waals surface area contributed by atoms with Crippen LogP contribution in [0.2, 0.25) is 0 Å². The summed E-state index contributed by atoms with van der Waals surface area (Å²) < 4.78 is 2.46. The zero-order valence-corrected chi connectivity index (χ0v) is 30.5. The Morgan fingerprint density at radius 3 is 1.98 bits per heavy atom. The number of para-hydroxylation sites is 1. The minimum Gasteiger partial charge on any atom is -0.381 e. The molecule has 0 spiro atoms. The van der Waals surface area contributed by atoms with E-state index in [2.05, 4.69) is 216 Å². The van der Waals surface area contributed by atoms with Gasteiger partial charge >= 0.3 is 0 Å². The van der Waals surface area contributed by atoms with Crippen molar-refractivity contribution in [3.8, 4) is 16.8 Å². The fraction of sp³-hybridized carbons (Fsp3) is 0.0385. The first-order valence-electron chi connectivity index (χ1n) is 19.1. The summed E-state index contributed by atoms with van der Waals surface area (Å²) in [5.74, 6) is 0. The van der Waals surface area contributed by atoms with E-state index in [0.717, 1.165) is 22.5 Å². The van der Waals surface area contributed by atoms with Crippen molar-refractivity contribution in [3.63, 3.8) is 0 Å². The van der Waals surface area contributed by atoms with Crippen molar-refractivity contribution in [2.75, 3.05) is 0 Å². The SMILES string of the molecule is [NH3+]C(C=C(NCc1cccc(-c2ccccc2)c1)c1ccccc1)c1ccc(-n2c3ccccc3c3c4c5ccccc5ccc4c4ccccc4c32)cc1. The van der Waals surface area contributed by atoms with Gasteiger partial charge in [0.25, 0.3) is 0 Å². The molecule has 0 radical (unpaired) electrons. The van der Waals surface area contributed by atoms with Gasteiger partial charge in [-0.2, -0.15) is 0 Å². The molecule has 10 rings (SSSR count). The number of hydrogen-bond acceptors (Lipinski definition) is 1. The summed E-state index contributed by atoms with van der Waals surface area (Å²) in [6.45, 7) is 0.707. The van der Waals surface area contributed by atoms with Gasteiger partial charge in [0.15, 0.2) is 0 Å². The zero-order valence-electron chi connectivity index (χ0n) is 30.5. The molecular weight excluding hydrogens is 667 g/mol. The molecule has 1 aromatic heterocycles. The number of hydrogen-bond donors (Lipinski definition) is 2. The minimum absolute atomic E-state index is 0.0679. The molecule has 3 heteroatoms. The monoisotopic (exact) mass is 706 g/mol. The van der Waals surface area contributed by atoms with E-state index in [0.29, 0.717) is 6.54 Å². The number of nitrogens with one attached hydrogen (secondary N) is 1. The number of quaternary nitrogens is 1. The van der Waals surface area contributed by atoms with Gasteiger partial charge in [0.05, 0.1) is 11.0 Å². The molecular formula is C52H40N3+. The van der Waals surface area contributed by atoms with Gasteiger partial charge in [0, 0.05) is 51.1 Å². The third kappa shape index (κ3) is 5.83. The Labute approximate surface area is 320 Å². The fourth-order valence-electron chi connectivity index (χ4n) is 8.44. The normalized spacial score (nSPS) is 12.6. The second kappa shape index (κ2) is 13.8. The van der Waals surface area contributed by atoms with Crippen LogP contribution in [0.1, 0.15) is 22.7 Å². The first-order chi connectivity index (χ1) is 27.2. The summed E-state index contributed by atoms with van der Waals surface area (Å²) in [6, 6.07) is 69.9. The highest BCUT2D eigenvalue weighted by Gasteiger charge is 2.20. The van der Waals surface area contributed by atoms with Gasteiger partial charge in [-0.05, 0) is 68.1 Å². The van der Waals surface area contributed by atoms with Crippen LogP contribution in [0.25, 0.3) is 76.6 Å². The second-order valence-corrected chi connectivity index (χ2v) is 14.4. The van der Waals surface area contributed by atoms with Crippen LogP contribution in [0.3, 0.4) is 0 Å². The summed E-state index contributed by atoms with van der Waals surface area (Å²) in [5.41, 5.74) is 15.3. The largest absolute Gasteiger partial charge is 0.381 e. The molecule has 9 aromatic carbocycles. The first kappa shape index (κ1) is 32.7. The highest BCUT2D eigenvalue weighted by molar-refractivity contribution is 6.36. The molecule has 4 N–H and O–H groups in total. The molecule has 0 aliphatic heterocycles. The molecule has 10 aromatic rings. The molecule has 0 aliphatic carbocycles. The maximum atomic E-state index is 4.66. The van der Waals surface area contributed by atoms with Gasteiger partial charge in [-0.15, -0.1) is 0 Å². The Morgan fingerprint density at radius 1 is 0.527 bits per heavy atom. The van der Waals surface area contributed by atoms with Gasteiger partial charge in [-0.25, -0.2) is 0 Å². The van der Waals surface area contributed by atoms with Crippen LogP contribution in [-0.4, -0.2) is 4.57 Å². The number of benzene rings is 9. The quantitative estimate of drug-likeness (QED) is 0.152. The molecule has 0 saturated heterocycles. The Bertz CT molecular complexity index is 3030. The van der Waals surface area contributed by atoms with E-state index in [4.69, 9.17) is 0 Å². The number of nitrogens with zero attached hydrogens (tertiary/aromatic N) is 1. The predicted octanol–water partition coefficient (Wildman–Crippen LogP) is 12.0. The standard InChI is InChI=1S/C52H39N3/c53-47(33-48(39-18-5-2-6-19-39)54-34-35-14-13-20-40(32-35)36-15-3-1-4-16-36)38-26-29-41(30-27-38)55-49-25-12-11-24-46(49)51-50-42-21-8-7-17-37(42)28-31-44(50)43-22-9-10-23-45(43)52(51)55/h1-33,47,54H,34,53H2/p+1. The van der Waals surface area contributed by atoms with E-state index in [1.54, 1.807) is 0 Å². The van der Waals surface area contributed by atoms with Gasteiger partial charge in [-0.3, -0.25) is 0 Å². The molecule has 0 saturated carbocycles. The van der Waals surface area contributed by atoms with Crippen molar-refractivity contribution in [1.29, 1.82) is 0 Å². The van der Waals surface area contributed by atoms with Crippen LogP contribution in [-0.2, 0) is 6.54 Å². The lowest BCUT2D eigenvalue weighted by atomic mass is 9.93. The van der Waals surface area contributed by atoms with Crippen molar-refractivity contribution in [3.05, 3.63) is 217 Å². The highest BCUT2D eigenvalue weighted by atomic mass is 15.0. The molecule has 1 unspecified atom stereocenters. The van der Waals surface area contributed by atoms with Crippen molar-refractivity contribution < 1.29 is 5.73 Å². The van der Waals surface area contributed by atoms with Gasteiger partial charge in [0.2, 0.25) is 0 Å². The molecule has 1 heterocycles. The third-order valence-electron chi connectivity index (χ3n) is 11.1. The van der Waals surface area contributed by atoms with Crippen LogP contribution >= 0.6 is 0 Å². The van der Waals surface area contributed by atoms with E-state index in [-0.39, 0.29) is 6.04 Å². The average Bonchev–Trinajstić information content (AvgIpc) is 3.61. The van der Waals surface area contributed by atoms with Crippen molar-refractivity contribution in [2.24, 2.45) is 0 Å². The van der Waals surface area contributed by atoms with E-state index in [1.165, 1.54) is 70.8 Å². The molecule has 0 aliphatic rings. The van der Waals surface area contributed by atoms with Crippen molar-refractivity contribution >= 4 is 59.8 Å². The van der Waals surface area contributed by atoms with Crippen LogP contribution in [0.4, 0.5) is 0 Å². The Hall–Kier alpha value is -6.94. The van der Waals surface area contributed by atoms with Crippen LogP contribution in [0.5, 0.6) is 0 Å². The molecule has 55 heavy (non-hydrogen) atoms. The van der Waals surface area contributed by atoms with E-state index < -0.39 is 0 Å². The molecule has 1 atom stereocenters. The Kier molecular flexibility index (Phi) is 8.20. The van der Waals surface area contributed by atoms with E-state index in [9.17, 15) is 0 Å². The lowest BCUT2D eigenvalue weighted by molar-refractivity contribution is -0.409. The first-order valence-corrected chi connectivity index (χ1v) is 19.1. The molecule has 262 valence electrons. The summed E-state index contributed by atoms with van der Waals surface area (Å²) in [7, 11) is 0. The van der Waals surface area contributed by atoms with Crippen LogP contribution in [0.15, 0.2) is 200 Å². The van der Waals surface area contributed by atoms with Crippen molar-refractivity contribution in [2.45, 2.75) is 12.6 Å². The lowest BCUT2D eigenvalue weighted by Crippen LogP contribution is -2.52. The Balaban J connectivity index is 1.05. The second-order valence-electron chi connectivity index (χ2n) is 14.4. The summed E-state index contributed by atoms with van der Waals surface area (Å²) >= 11 is 0. The van der Waals surface area contributed by atoms with Gasteiger partial charge in [0.1, 0.15) is 6.04 Å². The summed E-state index contributed by atoms with van der Waals surface area (Å²) in [6.07, 6.45) is 2.26. The fourth-order valence-corrected chi connectivity index (χ4v) is 8.44. The molecule has 0 fully saturated rings. The van der Waals surface area contributed by atoms with Crippen LogP contribution < -0.4 is 11.1 Å². The topological polar surface area (TPSA) is 44.6 Å². The summed E-state index contributed by atoms with van der Waals surface area (Å²) in [5, 5.41) is 14.0. The van der Waals surface area contributed by atoms with E-state index in [1.807, 2.05) is 0 Å². The number of fused-ring (bicyclic) bond motifs is 10. The van der Waals surface area contributed by atoms with E-state index >= 15 is 0 Å². The average molecular weight is 707 g/mol. The zero-order chi connectivity index (χ0) is 36.7. The maximum absolute atomic E-state index is 4.66. The van der Waals surface area contributed by atoms with Crippen LogP contribution in [0, 0.1) is 0 Å². The molecule has 3 nitrogen and oxygen atoms in total. The molecule has 0 bridgehead atoms. The minimum atomic E-state index is -0.0679. The Morgan fingerprint density at radius 2 is 1.18 bits per heavy atom. The van der Waals surface area contributed by atoms with Gasteiger partial charge < -0.3 is 15.6 Å². The number of rotatable bonds is 8. The third-order valence-corrected chi connectivity index (χ3v) is 11.1. The van der Waals surface area contributed by atoms with Crippen molar-refractivity contribution in [1.82, 2.24) is 9.88 Å². The predicted molar refractivity (Wildman–Crippen MR) is 232 cm³/mol. The lowest BCUT2D eigenvalue weighted by Gasteiger charge is -2.16. The van der Waals surface area contributed by atoms with Gasteiger partial charge in [-0.1, -0.05) is 170 Å². The number of aromatic nitrogens is 1. The highest BCUT2D eigenvalue weighted by Crippen LogP contribution is 2.44. The smallest absolute Gasteiger partial charge is 0.131 e. The maximum Gasteiger partial charge on any atom is 0.131 e. The molecule has 0 amide bonds.